The van der Waals surface area contributed by atoms with Crippen molar-refractivity contribution >= 4 is 16.9 Å². The van der Waals surface area contributed by atoms with Gasteiger partial charge in [0.25, 0.3) is 0 Å². The lowest BCUT2D eigenvalue weighted by Gasteiger charge is -2.40. The van der Waals surface area contributed by atoms with Crippen LogP contribution in [0.4, 0.5) is 5.88 Å². The van der Waals surface area contributed by atoms with E-state index in [1.807, 2.05) is 0 Å². The SMILES string of the molecule is O=[N+]([O-])c1ccc(-c2nc3ccccc3n2[C@@H]2O[C@@H](CO)[C@@H](O)[C@@H](O)[C@@H]2O)o1. The number of benzene rings is 1. The van der Waals surface area contributed by atoms with Gasteiger partial charge in [0.1, 0.15) is 29.3 Å². The van der Waals surface area contributed by atoms with E-state index < -0.39 is 48.1 Å². The smallest absolute Gasteiger partial charge is 0.397 e. The Hall–Kier alpha value is -2.83. The molecule has 1 aliphatic heterocycles. The summed E-state index contributed by atoms with van der Waals surface area (Å²) in [6.07, 6.45) is -7.01. The van der Waals surface area contributed by atoms with Gasteiger partial charge < -0.3 is 29.6 Å². The van der Waals surface area contributed by atoms with Crippen LogP contribution in [0.3, 0.4) is 0 Å². The summed E-state index contributed by atoms with van der Waals surface area (Å²) in [4.78, 5) is 14.7. The van der Waals surface area contributed by atoms with Gasteiger partial charge in [0, 0.05) is 0 Å². The second kappa shape index (κ2) is 6.96. The molecule has 1 saturated heterocycles. The number of hydrogen-bond acceptors (Lipinski definition) is 9. The number of nitrogens with zero attached hydrogens (tertiary/aromatic N) is 3. The Morgan fingerprint density at radius 1 is 1.11 bits per heavy atom. The molecular formula is C17H17N3O8. The molecule has 148 valence electrons. The van der Waals surface area contributed by atoms with Crippen LogP contribution < -0.4 is 0 Å². The van der Waals surface area contributed by atoms with Gasteiger partial charge in [-0.2, -0.15) is 0 Å². The molecule has 4 N–H and O–H groups in total. The molecule has 0 unspecified atom stereocenters. The van der Waals surface area contributed by atoms with Crippen LogP contribution in [0.25, 0.3) is 22.6 Å². The number of aliphatic hydroxyl groups is 4. The van der Waals surface area contributed by atoms with Crippen molar-refractivity contribution in [1.29, 1.82) is 0 Å². The van der Waals surface area contributed by atoms with Crippen molar-refractivity contribution in [2.24, 2.45) is 0 Å². The lowest BCUT2D eigenvalue weighted by atomic mass is 9.98. The summed E-state index contributed by atoms with van der Waals surface area (Å²) in [6, 6.07) is 9.37. The van der Waals surface area contributed by atoms with Crippen LogP contribution in [0.2, 0.25) is 0 Å². The molecule has 0 bridgehead atoms. The summed E-state index contributed by atoms with van der Waals surface area (Å²) in [5.41, 5.74) is 0.995. The second-order valence-corrected chi connectivity index (χ2v) is 6.41. The van der Waals surface area contributed by atoms with Crippen LogP contribution in [-0.4, -0.2) is 65.9 Å². The summed E-state index contributed by atoms with van der Waals surface area (Å²) in [6.45, 7) is -0.588. The van der Waals surface area contributed by atoms with E-state index >= 15 is 0 Å². The number of fused-ring (bicyclic) bond motifs is 1. The van der Waals surface area contributed by atoms with E-state index in [0.29, 0.717) is 11.0 Å². The Morgan fingerprint density at radius 2 is 1.86 bits per heavy atom. The zero-order chi connectivity index (χ0) is 20.0. The van der Waals surface area contributed by atoms with Crippen LogP contribution >= 0.6 is 0 Å². The van der Waals surface area contributed by atoms with Crippen LogP contribution in [0.5, 0.6) is 0 Å². The van der Waals surface area contributed by atoms with Gasteiger partial charge >= 0.3 is 5.88 Å². The Labute approximate surface area is 157 Å². The molecule has 11 nitrogen and oxygen atoms in total. The first-order valence-corrected chi connectivity index (χ1v) is 8.44. The minimum atomic E-state index is -1.59. The van der Waals surface area contributed by atoms with E-state index in [1.54, 1.807) is 24.3 Å². The first kappa shape index (κ1) is 18.5. The van der Waals surface area contributed by atoms with E-state index in [0.717, 1.165) is 0 Å². The summed E-state index contributed by atoms with van der Waals surface area (Å²) in [5.74, 6) is -0.305. The van der Waals surface area contributed by atoms with E-state index in [9.17, 15) is 30.5 Å². The third-order valence-electron chi connectivity index (χ3n) is 4.71. The predicted molar refractivity (Wildman–Crippen MR) is 93.1 cm³/mol. The summed E-state index contributed by atoms with van der Waals surface area (Å²) in [5, 5.41) is 51.1. The maximum atomic E-state index is 10.9. The average molecular weight is 391 g/mol. The van der Waals surface area contributed by atoms with Crippen LogP contribution in [0.15, 0.2) is 40.8 Å². The molecule has 0 radical (unpaired) electrons. The number of nitro groups is 1. The third-order valence-corrected chi connectivity index (χ3v) is 4.71. The van der Waals surface area contributed by atoms with Gasteiger partial charge in [-0.15, -0.1) is 0 Å². The van der Waals surface area contributed by atoms with Crippen molar-refractivity contribution in [3.8, 4) is 11.6 Å². The number of imidazole rings is 1. The molecule has 3 aromatic rings. The number of rotatable bonds is 4. The molecule has 1 fully saturated rings. The molecule has 0 aliphatic carbocycles. The van der Waals surface area contributed by atoms with Crippen molar-refractivity contribution in [3.05, 3.63) is 46.5 Å². The first-order chi connectivity index (χ1) is 13.4. The number of furan rings is 1. The molecule has 5 atom stereocenters. The number of aliphatic hydroxyl groups excluding tert-OH is 4. The van der Waals surface area contributed by atoms with Gasteiger partial charge in [-0.25, -0.2) is 4.98 Å². The van der Waals surface area contributed by atoms with Crippen molar-refractivity contribution < 1.29 is 34.5 Å². The maximum Gasteiger partial charge on any atom is 0.433 e. The fraction of sp³-hybridized carbons (Fsp3) is 0.353. The minimum absolute atomic E-state index is 0.0554. The molecule has 0 spiro atoms. The van der Waals surface area contributed by atoms with Crippen molar-refractivity contribution in [3.63, 3.8) is 0 Å². The molecular weight excluding hydrogens is 374 g/mol. The first-order valence-electron chi connectivity index (χ1n) is 8.44. The van der Waals surface area contributed by atoms with Gasteiger partial charge in [0.15, 0.2) is 17.8 Å². The van der Waals surface area contributed by atoms with E-state index in [-0.39, 0.29) is 11.6 Å². The molecule has 11 heteroatoms. The average Bonchev–Trinajstić information content (AvgIpc) is 3.31. The Morgan fingerprint density at radius 3 is 2.54 bits per heavy atom. The van der Waals surface area contributed by atoms with Crippen LogP contribution in [0.1, 0.15) is 6.23 Å². The van der Waals surface area contributed by atoms with Crippen LogP contribution in [-0.2, 0) is 4.74 Å². The number of aromatic nitrogens is 2. The number of ether oxygens (including phenoxy) is 1. The lowest BCUT2D eigenvalue weighted by molar-refractivity contribution is -0.401. The summed E-state index contributed by atoms with van der Waals surface area (Å²) < 4.78 is 12.3. The molecule has 0 saturated carbocycles. The highest BCUT2D eigenvalue weighted by atomic mass is 16.6. The van der Waals surface area contributed by atoms with E-state index in [1.165, 1.54) is 16.7 Å². The van der Waals surface area contributed by atoms with Crippen molar-refractivity contribution in [2.45, 2.75) is 30.6 Å². The van der Waals surface area contributed by atoms with Gasteiger partial charge in [-0.1, -0.05) is 12.1 Å². The summed E-state index contributed by atoms with van der Waals surface area (Å²) in [7, 11) is 0. The monoisotopic (exact) mass is 391 g/mol. The molecule has 0 amide bonds. The minimum Gasteiger partial charge on any atom is -0.397 e. The fourth-order valence-corrected chi connectivity index (χ4v) is 3.32. The second-order valence-electron chi connectivity index (χ2n) is 6.41. The molecule has 1 aliphatic rings. The standard InChI is InChI=1S/C17H17N3O8/c21-7-11-13(22)14(23)15(24)17(28-11)19-9-4-2-1-3-8(9)18-16(19)10-5-6-12(27-10)20(25)26/h1-6,11,13-15,17,21-24H,7H2/t11-,13+,14+,15-,17+/m0/s1. The zero-order valence-corrected chi connectivity index (χ0v) is 14.3. The molecule has 4 rings (SSSR count). The predicted octanol–water partition coefficient (Wildman–Crippen LogP) is 0.177. The quantitative estimate of drug-likeness (QED) is 0.358. The topological polar surface area (TPSA) is 164 Å². The van der Waals surface area contributed by atoms with Gasteiger partial charge in [-0.05, 0) is 18.2 Å². The number of hydrogen-bond donors (Lipinski definition) is 4. The number of para-hydroxylation sites is 2. The highest BCUT2D eigenvalue weighted by molar-refractivity contribution is 5.80. The normalized spacial score (nSPS) is 27.9. The van der Waals surface area contributed by atoms with Gasteiger partial charge in [-0.3, -0.25) is 14.7 Å². The summed E-state index contributed by atoms with van der Waals surface area (Å²) >= 11 is 0. The van der Waals surface area contributed by atoms with Crippen LogP contribution in [0, 0.1) is 10.1 Å². The highest BCUT2D eigenvalue weighted by Gasteiger charge is 2.45. The van der Waals surface area contributed by atoms with Crippen molar-refractivity contribution in [2.75, 3.05) is 6.61 Å². The van der Waals surface area contributed by atoms with E-state index in [2.05, 4.69) is 4.98 Å². The highest BCUT2D eigenvalue weighted by Crippen LogP contribution is 2.36. The largest absolute Gasteiger partial charge is 0.433 e. The van der Waals surface area contributed by atoms with Crippen molar-refractivity contribution in [1.82, 2.24) is 9.55 Å². The third kappa shape index (κ3) is 2.85. The Bertz CT molecular complexity index is 1010. The zero-order valence-electron chi connectivity index (χ0n) is 14.3. The molecule has 1 aromatic carbocycles. The van der Waals surface area contributed by atoms with E-state index in [4.69, 9.17) is 9.15 Å². The molecule has 2 aromatic heterocycles. The Kier molecular flexibility index (Phi) is 4.61. The molecule has 28 heavy (non-hydrogen) atoms. The fourth-order valence-electron chi connectivity index (χ4n) is 3.32. The molecule has 3 heterocycles. The van der Waals surface area contributed by atoms with Gasteiger partial charge in [0.2, 0.25) is 0 Å². The maximum absolute atomic E-state index is 10.9. The van der Waals surface area contributed by atoms with Gasteiger partial charge in [0.05, 0.1) is 23.7 Å². The Balaban J connectivity index is 1.88. The lowest BCUT2D eigenvalue weighted by Crippen LogP contribution is -2.56.